The Morgan fingerprint density at radius 3 is 2.81 bits per heavy atom. The summed E-state index contributed by atoms with van der Waals surface area (Å²) in [6, 6.07) is 5.14. The number of fused-ring (bicyclic) bond motifs is 1. The van der Waals surface area contributed by atoms with Crippen molar-refractivity contribution >= 4 is 35.0 Å². The van der Waals surface area contributed by atoms with Gasteiger partial charge in [-0.1, -0.05) is 6.07 Å². The molecule has 12 heteroatoms. The van der Waals surface area contributed by atoms with Crippen molar-refractivity contribution in [2.45, 2.75) is 12.8 Å². The van der Waals surface area contributed by atoms with Crippen LogP contribution in [-0.4, -0.2) is 38.1 Å². The maximum Gasteiger partial charge on any atom is 0.282 e. The Kier molecular flexibility index (Phi) is 5.19. The number of nitrogens with zero attached hydrogens (tertiary/aromatic N) is 4. The molecule has 0 saturated heterocycles. The Balaban J connectivity index is 1.71. The van der Waals surface area contributed by atoms with Gasteiger partial charge in [0.05, 0.1) is 11.9 Å². The van der Waals surface area contributed by atoms with Crippen LogP contribution >= 0.6 is 0 Å². The van der Waals surface area contributed by atoms with E-state index in [9.17, 15) is 18.4 Å². The topological polar surface area (TPSA) is 140 Å². The van der Waals surface area contributed by atoms with Crippen molar-refractivity contribution in [3.05, 3.63) is 53.0 Å². The van der Waals surface area contributed by atoms with Gasteiger partial charge < -0.3 is 21.7 Å². The van der Waals surface area contributed by atoms with Gasteiger partial charge in [-0.3, -0.25) is 14.3 Å². The number of carbonyl (C=O) groups excluding carboxylic acids is 2. The molecule has 0 spiro atoms. The molecule has 3 aromatic rings. The van der Waals surface area contributed by atoms with E-state index in [4.69, 9.17) is 5.73 Å². The van der Waals surface area contributed by atoms with Gasteiger partial charge in [0.15, 0.2) is 0 Å². The minimum Gasteiger partial charge on any atom is -0.365 e. The smallest absolute Gasteiger partial charge is 0.282 e. The maximum absolute atomic E-state index is 13.3. The molecule has 5 N–H and O–H groups in total. The summed E-state index contributed by atoms with van der Waals surface area (Å²) < 4.78 is 27.7. The quantitative estimate of drug-likeness (QED) is 0.471. The van der Waals surface area contributed by atoms with E-state index in [1.807, 2.05) is 0 Å². The number of alkyl halides is 2. The molecule has 2 aromatic heterocycles. The van der Waals surface area contributed by atoms with Crippen molar-refractivity contribution in [3.8, 4) is 0 Å². The molecule has 0 saturated carbocycles. The molecule has 160 valence electrons. The average molecular weight is 428 g/mol. The van der Waals surface area contributed by atoms with Gasteiger partial charge in [0, 0.05) is 31.0 Å². The summed E-state index contributed by atoms with van der Waals surface area (Å²) in [5.74, 6) is -0.927. The number of anilines is 4. The van der Waals surface area contributed by atoms with Crippen LogP contribution < -0.4 is 21.7 Å². The standard InChI is InChI=1S/C19H18F2N8O2/c1-29-14(15(20)21)13(8-25-29)27-19-24-7-11(16(22)30)17(28-19)26-12-4-2-3-10-9(12)5-6-23-18(10)31/h2-4,7-8,15H,5-6H2,1H3,(H2,22,30)(H,23,31)(H2,24,26,27,28). The Bertz CT molecular complexity index is 1180. The van der Waals surface area contributed by atoms with E-state index in [1.165, 1.54) is 19.4 Å². The van der Waals surface area contributed by atoms with Crippen LogP contribution in [-0.2, 0) is 13.5 Å². The molecule has 31 heavy (non-hydrogen) atoms. The highest BCUT2D eigenvalue weighted by molar-refractivity contribution is 6.00. The van der Waals surface area contributed by atoms with Gasteiger partial charge in [0.2, 0.25) is 5.95 Å². The van der Waals surface area contributed by atoms with Gasteiger partial charge in [-0.05, 0) is 24.1 Å². The second kappa shape index (κ2) is 7.97. The van der Waals surface area contributed by atoms with Gasteiger partial charge in [0.25, 0.3) is 18.2 Å². The highest BCUT2D eigenvalue weighted by atomic mass is 19.3. The van der Waals surface area contributed by atoms with Crippen LogP contribution in [0.5, 0.6) is 0 Å². The molecule has 0 bridgehead atoms. The van der Waals surface area contributed by atoms with Gasteiger partial charge in [0.1, 0.15) is 17.1 Å². The molecule has 1 aliphatic heterocycles. The summed E-state index contributed by atoms with van der Waals surface area (Å²) in [4.78, 5) is 32.2. The normalized spacial score (nSPS) is 13.0. The summed E-state index contributed by atoms with van der Waals surface area (Å²) >= 11 is 0. The molecular formula is C19H18F2N8O2. The largest absolute Gasteiger partial charge is 0.365 e. The zero-order valence-corrected chi connectivity index (χ0v) is 16.3. The van der Waals surface area contributed by atoms with Gasteiger partial charge in [-0.15, -0.1) is 0 Å². The first-order valence-electron chi connectivity index (χ1n) is 9.26. The predicted molar refractivity (Wildman–Crippen MR) is 108 cm³/mol. The minimum absolute atomic E-state index is 0.00341. The number of hydrogen-bond donors (Lipinski definition) is 4. The fraction of sp³-hybridized carbons (Fsp3) is 0.211. The van der Waals surface area contributed by atoms with Crippen molar-refractivity contribution in [2.75, 3.05) is 17.2 Å². The molecule has 1 aromatic carbocycles. The molecular weight excluding hydrogens is 410 g/mol. The lowest BCUT2D eigenvalue weighted by Crippen LogP contribution is -2.32. The van der Waals surface area contributed by atoms with Crippen molar-refractivity contribution in [3.63, 3.8) is 0 Å². The molecule has 2 amide bonds. The summed E-state index contributed by atoms with van der Waals surface area (Å²) in [6.07, 6.45) is 0.242. The van der Waals surface area contributed by atoms with Crippen LogP contribution in [0.25, 0.3) is 0 Å². The number of halogens is 2. The number of rotatable bonds is 6. The van der Waals surface area contributed by atoms with E-state index >= 15 is 0 Å². The number of aryl methyl sites for hydroxylation is 1. The van der Waals surface area contributed by atoms with E-state index in [-0.39, 0.29) is 34.6 Å². The van der Waals surface area contributed by atoms with Gasteiger partial charge in [-0.25, -0.2) is 13.8 Å². The third kappa shape index (κ3) is 3.86. The second-order valence-electron chi connectivity index (χ2n) is 6.78. The van der Waals surface area contributed by atoms with E-state index in [2.05, 4.69) is 31.0 Å². The number of benzene rings is 1. The Hall–Kier alpha value is -4.09. The zero-order valence-electron chi connectivity index (χ0n) is 16.3. The summed E-state index contributed by atoms with van der Waals surface area (Å²) in [5.41, 5.74) is 7.00. The SMILES string of the molecule is Cn1ncc(Nc2ncc(C(N)=O)c(Nc3cccc4c3CCNC4=O)n2)c1C(F)F. The van der Waals surface area contributed by atoms with Gasteiger partial charge in [-0.2, -0.15) is 10.1 Å². The lowest BCUT2D eigenvalue weighted by molar-refractivity contribution is 0.0944. The molecule has 3 heterocycles. The van der Waals surface area contributed by atoms with Crippen LogP contribution in [0, 0.1) is 0 Å². The van der Waals surface area contributed by atoms with Crippen molar-refractivity contribution in [1.82, 2.24) is 25.1 Å². The average Bonchev–Trinajstić information content (AvgIpc) is 3.09. The first kappa shape index (κ1) is 20.2. The minimum atomic E-state index is -2.76. The Morgan fingerprint density at radius 2 is 2.06 bits per heavy atom. The molecule has 0 aliphatic carbocycles. The van der Waals surface area contributed by atoms with Crippen LogP contribution in [0.1, 0.15) is 38.4 Å². The van der Waals surface area contributed by atoms with E-state index in [0.717, 1.165) is 10.2 Å². The Labute approximate surface area is 174 Å². The van der Waals surface area contributed by atoms with Crippen molar-refractivity contribution in [1.29, 1.82) is 0 Å². The monoisotopic (exact) mass is 428 g/mol. The first-order chi connectivity index (χ1) is 14.8. The Morgan fingerprint density at radius 1 is 1.26 bits per heavy atom. The number of primary amides is 1. The molecule has 4 rings (SSSR count). The van der Waals surface area contributed by atoms with Crippen LogP contribution in [0.4, 0.5) is 31.9 Å². The first-order valence-corrected chi connectivity index (χ1v) is 9.26. The van der Waals surface area contributed by atoms with Crippen LogP contribution in [0.15, 0.2) is 30.6 Å². The molecule has 10 nitrogen and oxygen atoms in total. The van der Waals surface area contributed by atoms with E-state index < -0.39 is 12.3 Å². The fourth-order valence-electron chi connectivity index (χ4n) is 3.35. The predicted octanol–water partition coefficient (Wildman–Crippen LogP) is 2.02. The summed E-state index contributed by atoms with van der Waals surface area (Å²) in [5, 5.41) is 12.3. The third-order valence-corrected chi connectivity index (χ3v) is 4.83. The lowest BCUT2D eigenvalue weighted by atomic mass is 9.98. The van der Waals surface area contributed by atoms with Crippen molar-refractivity contribution in [2.24, 2.45) is 12.8 Å². The summed E-state index contributed by atoms with van der Waals surface area (Å²) in [6.45, 7) is 0.473. The van der Waals surface area contributed by atoms with E-state index in [1.54, 1.807) is 18.2 Å². The number of hydrogen-bond acceptors (Lipinski definition) is 7. The number of nitrogens with two attached hydrogens (primary N) is 1. The number of carbonyl (C=O) groups is 2. The molecule has 0 atom stereocenters. The van der Waals surface area contributed by atoms with E-state index in [0.29, 0.717) is 24.2 Å². The van der Waals surface area contributed by atoms with Crippen LogP contribution in [0.3, 0.4) is 0 Å². The van der Waals surface area contributed by atoms with Crippen LogP contribution in [0.2, 0.25) is 0 Å². The second-order valence-corrected chi connectivity index (χ2v) is 6.78. The summed E-state index contributed by atoms with van der Waals surface area (Å²) in [7, 11) is 1.39. The molecule has 0 radical (unpaired) electrons. The van der Waals surface area contributed by atoms with Crippen molar-refractivity contribution < 1.29 is 18.4 Å². The molecule has 0 fully saturated rings. The third-order valence-electron chi connectivity index (χ3n) is 4.83. The maximum atomic E-state index is 13.3. The fourth-order valence-corrected chi connectivity index (χ4v) is 3.35. The number of aromatic nitrogens is 4. The number of nitrogens with one attached hydrogen (secondary N) is 3. The molecule has 0 unspecified atom stereocenters. The highest BCUT2D eigenvalue weighted by Crippen LogP contribution is 2.30. The zero-order chi connectivity index (χ0) is 22.1. The van der Waals surface area contributed by atoms with Gasteiger partial charge >= 0.3 is 0 Å². The lowest BCUT2D eigenvalue weighted by Gasteiger charge is -2.20. The highest BCUT2D eigenvalue weighted by Gasteiger charge is 2.22. The number of amides is 2. The molecule has 1 aliphatic rings.